The average Bonchev–Trinajstić information content (AvgIpc) is 2.69. The van der Waals surface area contributed by atoms with Crippen molar-refractivity contribution < 1.29 is 14.3 Å². The molecule has 1 aromatic heterocycles. The predicted octanol–water partition coefficient (Wildman–Crippen LogP) is 1.77. The van der Waals surface area contributed by atoms with Gasteiger partial charge in [-0.25, -0.2) is 9.97 Å². The summed E-state index contributed by atoms with van der Waals surface area (Å²) in [5.74, 6) is 1.04. The minimum Gasteiger partial charge on any atom is -0.497 e. The number of methoxy groups -OCH3 is 1. The zero-order chi connectivity index (χ0) is 18.1. The summed E-state index contributed by atoms with van der Waals surface area (Å²) in [4.78, 5) is 23.2. The third-order valence-corrected chi connectivity index (χ3v) is 5.26. The highest BCUT2D eigenvalue weighted by Gasteiger charge is 2.43. The van der Waals surface area contributed by atoms with Crippen LogP contribution in [0.1, 0.15) is 34.5 Å². The molecule has 1 amide bonds. The number of hydrogen-bond acceptors (Lipinski definition) is 6. The van der Waals surface area contributed by atoms with Gasteiger partial charge in [-0.15, -0.1) is 0 Å². The van der Waals surface area contributed by atoms with Crippen molar-refractivity contribution in [1.82, 2.24) is 14.9 Å². The fraction of sp³-hybridized carbons (Fsp3) is 0.421. The second-order valence-corrected chi connectivity index (χ2v) is 6.72. The maximum atomic E-state index is 12.8. The maximum absolute atomic E-state index is 12.8. The van der Waals surface area contributed by atoms with Crippen LogP contribution in [0, 0.1) is 0 Å². The minimum atomic E-state index is -0.457. The zero-order valence-electron chi connectivity index (χ0n) is 14.8. The van der Waals surface area contributed by atoms with Crippen molar-refractivity contribution in [1.29, 1.82) is 0 Å². The highest BCUT2D eigenvalue weighted by Crippen LogP contribution is 2.40. The molecule has 0 bridgehead atoms. The van der Waals surface area contributed by atoms with Gasteiger partial charge in [-0.05, 0) is 49.1 Å². The van der Waals surface area contributed by atoms with Crippen LogP contribution in [-0.2, 0) is 16.8 Å². The number of anilines is 1. The van der Waals surface area contributed by atoms with Crippen LogP contribution in [-0.4, -0.2) is 47.6 Å². The Morgan fingerprint density at radius 1 is 1.27 bits per heavy atom. The molecule has 0 aliphatic carbocycles. The summed E-state index contributed by atoms with van der Waals surface area (Å²) in [5, 5.41) is 0. The van der Waals surface area contributed by atoms with E-state index < -0.39 is 5.60 Å². The number of hydrogen-bond donors (Lipinski definition) is 1. The maximum Gasteiger partial charge on any atom is 0.253 e. The monoisotopic (exact) mass is 354 g/mol. The number of nitrogens with zero attached hydrogens (tertiary/aromatic N) is 3. The molecule has 3 heterocycles. The number of nitrogen functional groups attached to an aromatic ring is 1. The summed E-state index contributed by atoms with van der Waals surface area (Å²) in [6.07, 6.45) is 4.01. The summed E-state index contributed by atoms with van der Waals surface area (Å²) < 4.78 is 11.3. The Labute approximate surface area is 152 Å². The molecule has 26 heavy (non-hydrogen) atoms. The largest absolute Gasteiger partial charge is 0.497 e. The third-order valence-electron chi connectivity index (χ3n) is 5.26. The molecule has 0 atom stereocenters. The first-order chi connectivity index (χ1) is 12.6. The Bertz CT molecular complexity index is 814. The average molecular weight is 354 g/mol. The molecule has 1 aromatic carbocycles. The number of carbonyl (C=O) groups is 1. The second-order valence-electron chi connectivity index (χ2n) is 6.72. The van der Waals surface area contributed by atoms with Crippen LogP contribution in [0.15, 0.2) is 30.5 Å². The molecule has 1 spiro atoms. The number of carbonyl (C=O) groups excluding carboxylic acids is 1. The number of ether oxygens (including phenoxy) is 2. The Hall–Kier alpha value is -2.67. The molecule has 7 heteroatoms. The lowest BCUT2D eigenvalue weighted by Gasteiger charge is -2.44. The Balaban J connectivity index is 1.51. The molecule has 136 valence electrons. The summed E-state index contributed by atoms with van der Waals surface area (Å²) in [6.45, 7) is 1.88. The smallest absolute Gasteiger partial charge is 0.253 e. The molecule has 1 saturated heterocycles. The van der Waals surface area contributed by atoms with Crippen LogP contribution in [0.2, 0.25) is 0 Å². The molecule has 0 unspecified atom stereocenters. The number of benzene rings is 1. The first-order valence-electron chi connectivity index (χ1n) is 8.80. The van der Waals surface area contributed by atoms with Crippen LogP contribution in [0.25, 0.3) is 0 Å². The van der Waals surface area contributed by atoms with E-state index in [2.05, 4.69) is 9.97 Å². The van der Waals surface area contributed by atoms with Crippen LogP contribution >= 0.6 is 0 Å². The molecule has 4 rings (SSSR count). The molecule has 2 aliphatic heterocycles. The number of likely N-dealkylation sites (tertiary alicyclic amines) is 1. The van der Waals surface area contributed by atoms with Crippen molar-refractivity contribution in [2.24, 2.45) is 0 Å². The van der Waals surface area contributed by atoms with Crippen LogP contribution < -0.4 is 10.5 Å². The van der Waals surface area contributed by atoms with Crippen molar-refractivity contribution >= 4 is 11.9 Å². The number of amides is 1. The molecule has 1 fully saturated rings. The zero-order valence-corrected chi connectivity index (χ0v) is 14.8. The summed E-state index contributed by atoms with van der Waals surface area (Å²) in [6, 6.07) is 7.20. The highest BCUT2D eigenvalue weighted by atomic mass is 16.5. The lowest BCUT2D eigenvalue weighted by molar-refractivity contribution is -0.0966. The van der Waals surface area contributed by atoms with E-state index in [1.54, 1.807) is 37.6 Å². The number of piperidine rings is 1. The van der Waals surface area contributed by atoms with Gasteiger partial charge in [0.1, 0.15) is 11.4 Å². The van der Waals surface area contributed by atoms with E-state index in [1.165, 1.54) is 0 Å². The Morgan fingerprint density at radius 2 is 2.00 bits per heavy atom. The fourth-order valence-electron chi connectivity index (χ4n) is 3.79. The minimum absolute atomic E-state index is 0.0285. The van der Waals surface area contributed by atoms with Crippen molar-refractivity contribution in [3.8, 4) is 5.75 Å². The molecule has 2 aliphatic rings. The van der Waals surface area contributed by atoms with Crippen molar-refractivity contribution in [3.63, 3.8) is 0 Å². The highest BCUT2D eigenvalue weighted by molar-refractivity contribution is 5.94. The standard InChI is InChI=1S/C19H22N4O3/c1-25-15-4-2-13(3-5-15)17(24)23-9-7-19(8-10-23)16-14(6-11-26-19)12-21-18(20)22-16/h2-5,12H,6-11H2,1H3,(H2,20,21,22). The molecular formula is C19H22N4O3. The topological polar surface area (TPSA) is 90.6 Å². The van der Waals surface area contributed by atoms with Gasteiger partial charge in [0.05, 0.1) is 19.4 Å². The van der Waals surface area contributed by atoms with Crippen molar-refractivity contribution in [2.45, 2.75) is 24.9 Å². The lowest BCUT2D eigenvalue weighted by Crippen LogP contribution is -2.49. The summed E-state index contributed by atoms with van der Waals surface area (Å²) in [5.41, 5.74) is 8.00. The normalized spacial score (nSPS) is 18.4. The number of nitrogens with two attached hydrogens (primary N) is 1. The van der Waals surface area contributed by atoms with Gasteiger partial charge in [0, 0.05) is 24.8 Å². The van der Waals surface area contributed by atoms with Crippen LogP contribution in [0.5, 0.6) is 5.75 Å². The van der Waals surface area contributed by atoms with Crippen LogP contribution in [0.4, 0.5) is 5.95 Å². The SMILES string of the molecule is COc1ccc(C(=O)N2CCC3(CC2)OCCc2cnc(N)nc23)cc1. The van der Waals surface area contributed by atoms with Gasteiger partial charge in [0.25, 0.3) is 5.91 Å². The number of aromatic nitrogens is 2. The van der Waals surface area contributed by atoms with E-state index in [0.717, 1.165) is 23.4 Å². The molecule has 2 N–H and O–H groups in total. The summed E-state index contributed by atoms with van der Waals surface area (Å²) >= 11 is 0. The van der Waals surface area contributed by atoms with E-state index in [9.17, 15) is 4.79 Å². The number of rotatable bonds is 2. The Kier molecular flexibility index (Phi) is 4.24. The van der Waals surface area contributed by atoms with Gasteiger partial charge in [-0.1, -0.05) is 0 Å². The number of fused-ring (bicyclic) bond motifs is 2. The lowest BCUT2D eigenvalue weighted by atomic mass is 9.83. The molecule has 0 saturated carbocycles. The van der Waals surface area contributed by atoms with Gasteiger partial charge in [-0.2, -0.15) is 0 Å². The van der Waals surface area contributed by atoms with Crippen LogP contribution in [0.3, 0.4) is 0 Å². The Morgan fingerprint density at radius 3 is 2.69 bits per heavy atom. The van der Waals surface area contributed by atoms with E-state index >= 15 is 0 Å². The van der Waals surface area contributed by atoms with E-state index in [-0.39, 0.29) is 11.9 Å². The van der Waals surface area contributed by atoms with E-state index in [0.29, 0.717) is 38.1 Å². The second kappa shape index (κ2) is 6.57. The molecular weight excluding hydrogens is 332 g/mol. The van der Waals surface area contributed by atoms with E-state index in [1.807, 2.05) is 4.90 Å². The van der Waals surface area contributed by atoms with E-state index in [4.69, 9.17) is 15.2 Å². The first-order valence-corrected chi connectivity index (χ1v) is 8.80. The quantitative estimate of drug-likeness (QED) is 0.884. The van der Waals surface area contributed by atoms with Crippen molar-refractivity contribution in [2.75, 3.05) is 32.5 Å². The van der Waals surface area contributed by atoms with Gasteiger partial charge in [-0.3, -0.25) is 4.79 Å². The fourth-order valence-corrected chi connectivity index (χ4v) is 3.79. The first kappa shape index (κ1) is 16.8. The molecule has 0 radical (unpaired) electrons. The third kappa shape index (κ3) is 2.88. The van der Waals surface area contributed by atoms with Gasteiger partial charge < -0.3 is 20.1 Å². The van der Waals surface area contributed by atoms with Gasteiger partial charge in [0.15, 0.2) is 0 Å². The van der Waals surface area contributed by atoms with Crippen molar-refractivity contribution in [3.05, 3.63) is 47.3 Å². The van der Waals surface area contributed by atoms with Gasteiger partial charge >= 0.3 is 0 Å². The van der Waals surface area contributed by atoms with Gasteiger partial charge in [0.2, 0.25) is 5.95 Å². The molecule has 2 aromatic rings. The summed E-state index contributed by atoms with van der Waals surface area (Å²) in [7, 11) is 1.61. The predicted molar refractivity (Wildman–Crippen MR) is 95.9 cm³/mol. The molecule has 7 nitrogen and oxygen atoms in total.